The lowest BCUT2D eigenvalue weighted by molar-refractivity contribution is -0.180. The molecule has 1 aromatic heterocycles. The van der Waals surface area contributed by atoms with E-state index in [0.717, 1.165) is 23.5 Å². The first-order valence-corrected chi connectivity index (χ1v) is 7.49. The van der Waals surface area contributed by atoms with Crippen molar-refractivity contribution >= 4 is 23.5 Å². The van der Waals surface area contributed by atoms with Crippen molar-refractivity contribution in [1.29, 1.82) is 0 Å². The number of aryl methyl sites for hydroxylation is 2. The maximum absolute atomic E-state index is 12.7. The molecule has 0 saturated carbocycles. The number of nitrogens with two attached hydrogens (primary N) is 1. The molecule has 2 heterocycles. The number of amides is 1. The van der Waals surface area contributed by atoms with Gasteiger partial charge in [0.05, 0.1) is 18.0 Å². The zero-order chi connectivity index (χ0) is 16.3. The number of carbonyl (C=O) groups is 1. The fourth-order valence-electron chi connectivity index (χ4n) is 2.44. The van der Waals surface area contributed by atoms with Crippen molar-refractivity contribution < 1.29 is 9.63 Å². The summed E-state index contributed by atoms with van der Waals surface area (Å²) in [6, 6.07) is 0. The van der Waals surface area contributed by atoms with Gasteiger partial charge in [0.1, 0.15) is 11.5 Å². The number of aliphatic imine (C=N–C) groups is 1. The Morgan fingerprint density at radius 2 is 2.23 bits per heavy atom. The topological polar surface area (TPSA) is 85.7 Å². The Kier molecular flexibility index (Phi) is 4.97. The molecule has 1 amide bonds. The molecule has 7 heteroatoms. The number of aromatic nitrogens is 2. The first-order chi connectivity index (χ1) is 10.5. The Morgan fingerprint density at radius 1 is 1.50 bits per heavy atom. The van der Waals surface area contributed by atoms with E-state index in [1.807, 2.05) is 33.9 Å². The average Bonchev–Trinajstić information content (AvgIpc) is 2.64. The van der Waals surface area contributed by atoms with Gasteiger partial charge in [-0.1, -0.05) is 6.92 Å². The molecule has 1 aliphatic heterocycles. The predicted octanol–water partition coefficient (Wildman–Crippen LogP) is 1.69. The molecular weight excluding hydrogens is 282 g/mol. The molecule has 0 unspecified atom stereocenters. The van der Waals surface area contributed by atoms with Gasteiger partial charge in [0.15, 0.2) is 0 Å². The highest BCUT2D eigenvalue weighted by Crippen LogP contribution is 2.29. The van der Waals surface area contributed by atoms with Gasteiger partial charge >= 0.3 is 0 Å². The molecule has 0 aromatic carbocycles. The van der Waals surface area contributed by atoms with Crippen LogP contribution in [0.5, 0.6) is 0 Å². The van der Waals surface area contributed by atoms with E-state index < -0.39 is 0 Å². The molecule has 0 bridgehead atoms. The minimum absolute atomic E-state index is 0.173. The summed E-state index contributed by atoms with van der Waals surface area (Å²) in [5, 5.41) is 5.73. The molecule has 1 aliphatic rings. The zero-order valence-electron chi connectivity index (χ0n) is 13.6. The number of hydrogen-bond donors (Lipinski definition) is 1. The van der Waals surface area contributed by atoms with Gasteiger partial charge in [0.2, 0.25) is 0 Å². The van der Waals surface area contributed by atoms with Gasteiger partial charge in [-0.15, -0.1) is 0 Å². The van der Waals surface area contributed by atoms with Crippen LogP contribution in [0.25, 0.3) is 6.08 Å². The van der Waals surface area contributed by atoms with E-state index >= 15 is 0 Å². The molecule has 0 atom stereocenters. The summed E-state index contributed by atoms with van der Waals surface area (Å²) in [6.07, 6.45) is 2.93. The van der Waals surface area contributed by atoms with E-state index in [-0.39, 0.29) is 5.91 Å². The van der Waals surface area contributed by atoms with Crippen LogP contribution in [0.15, 0.2) is 10.6 Å². The molecule has 22 heavy (non-hydrogen) atoms. The molecule has 120 valence electrons. The maximum atomic E-state index is 12.7. The smallest absolute Gasteiger partial charge is 0.273 e. The second-order valence-corrected chi connectivity index (χ2v) is 5.22. The third-order valence-electron chi connectivity index (χ3n) is 3.38. The van der Waals surface area contributed by atoms with Crippen molar-refractivity contribution in [2.75, 3.05) is 13.2 Å². The monoisotopic (exact) mass is 305 g/mol. The van der Waals surface area contributed by atoms with E-state index in [1.54, 1.807) is 4.68 Å². The number of hydrogen-bond acceptors (Lipinski definition) is 5. The second kappa shape index (κ2) is 6.74. The minimum atomic E-state index is -0.173. The Hall–Kier alpha value is -2.15. The second-order valence-electron chi connectivity index (χ2n) is 5.22. The predicted molar refractivity (Wildman–Crippen MR) is 85.5 cm³/mol. The molecule has 0 aliphatic carbocycles. The molecule has 0 radical (unpaired) electrons. The number of amidine groups is 1. The minimum Gasteiger partial charge on any atom is -0.387 e. The van der Waals surface area contributed by atoms with Crippen molar-refractivity contribution in [1.82, 2.24) is 14.8 Å². The van der Waals surface area contributed by atoms with Crippen LogP contribution in [0.4, 0.5) is 5.69 Å². The lowest BCUT2D eigenvalue weighted by Crippen LogP contribution is -2.34. The quantitative estimate of drug-likeness (QED) is 0.839. The van der Waals surface area contributed by atoms with Crippen LogP contribution in [0.3, 0.4) is 0 Å². The molecule has 7 nitrogen and oxygen atoms in total. The van der Waals surface area contributed by atoms with Gasteiger partial charge in [-0.2, -0.15) is 5.10 Å². The molecular formula is C15H23N5O2. The van der Waals surface area contributed by atoms with Crippen molar-refractivity contribution in [3.8, 4) is 0 Å². The number of nitrogens with zero attached hydrogens (tertiary/aromatic N) is 4. The van der Waals surface area contributed by atoms with Crippen molar-refractivity contribution in [3.05, 3.63) is 17.0 Å². The molecule has 0 saturated heterocycles. The Labute approximate surface area is 130 Å². The van der Waals surface area contributed by atoms with Crippen LogP contribution >= 0.6 is 0 Å². The first-order valence-electron chi connectivity index (χ1n) is 7.49. The van der Waals surface area contributed by atoms with Crippen LogP contribution in [0, 0.1) is 6.92 Å². The van der Waals surface area contributed by atoms with Gasteiger partial charge in [-0.25, -0.2) is 10.1 Å². The maximum Gasteiger partial charge on any atom is 0.273 e. The normalized spacial score (nSPS) is 14.0. The third kappa shape index (κ3) is 3.19. The van der Waals surface area contributed by atoms with E-state index in [0.29, 0.717) is 31.0 Å². The Bertz CT molecular complexity index is 624. The molecule has 0 spiro atoms. The van der Waals surface area contributed by atoms with E-state index in [4.69, 9.17) is 10.6 Å². The zero-order valence-corrected chi connectivity index (χ0v) is 13.6. The van der Waals surface area contributed by atoms with Gasteiger partial charge in [0, 0.05) is 25.6 Å². The Balaban J connectivity index is 2.40. The SMILES string of the molecule is CCCN(OCC)C(=O)C1=Cc2c(c(C)nn2C)N=C(N)C1. The number of hydroxylamine groups is 2. The first kappa shape index (κ1) is 16.2. The van der Waals surface area contributed by atoms with Crippen molar-refractivity contribution in [2.45, 2.75) is 33.6 Å². The van der Waals surface area contributed by atoms with E-state index in [1.165, 1.54) is 5.06 Å². The fourth-order valence-corrected chi connectivity index (χ4v) is 2.44. The highest BCUT2D eigenvalue weighted by atomic mass is 16.7. The lowest BCUT2D eigenvalue weighted by atomic mass is 10.1. The van der Waals surface area contributed by atoms with Gasteiger partial charge in [0.25, 0.3) is 5.91 Å². The largest absolute Gasteiger partial charge is 0.387 e. The Morgan fingerprint density at radius 3 is 2.86 bits per heavy atom. The summed E-state index contributed by atoms with van der Waals surface area (Å²) < 4.78 is 1.71. The number of rotatable bonds is 5. The van der Waals surface area contributed by atoms with Gasteiger partial charge in [-0.3, -0.25) is 14.3 Å². The van der Waals surface area contributed by atoms with Crippen LogP contribution in [0.2, 0.25) is 0 Å². The van der Waals surface area contributed by atoms with Crippen LogP contribution in [0.1, 0.15) is 38.1 Å². The third-order valence-corrected chi connectivity index (χ3v) is 3.38. The summed E-state index contributed by atoms with van der Waals surface area (Å²) in [4.78, 5) is 22.5. The summed E-state index contributed by atoms with van der Waals surface area (Å²) in [6.45, 7) is 6.71. The van der Waals surface area contributed by atoms with Crippen LogP contribution < -0.4 is 5.73 Å². The van der Waals surface area contributed by atoms with Crippen LogP contribution in [-0.2, 0) is 16.7 Å². The van der Waals surface area contributed by atoms with Gasteiger partial charge in [-0.05, 0) is 26.3 Å². The average molecular weight is 305 g/mol. The molecule has 2 N–H and O–H groups in total. The summed E-state index contributed by atoms with van der Waals surface area (Å²) in [7, 11) is 1.83. The van der Waals surface area contributed by atoms with Crippen molar-refractivity contribution in [3.63, 3.8) is 0 Å². The summed E-state index contributed by atoms with van der Waals surface area (Å²) in [5.41, 5.74) is 8.83. The molecule has 1 aromatic rings. The summed E-state index contributed by atoms with van der Waals surface area (Å²) >= 11 is 0. The lowest BCUT2D eigenvalue weighted by Gasteiger charge is -2.21. The molecule has 0 fully saturated rings. The summed E-state index contributed by atoms with van der Waals surface area (Å²) in [5.74, 6) is 0.232. The van der Waals surface area contributed by atoms with E-state index in [2.05, 4.69) is 10.1 Å². The highest BCUT2D eigenvalue weighted by molar-refractivity contribution is 6.05. The number of fused-ring (bicyclic) bond motifs is 1. The van der Waals surface area contributed by atoms with E-state index in [9.17, 15) is 4.79 Å². The van der Waals surface area contributed by atoms with Gasteiger partial charge < -0.3 is 5.73 Å². The number of carbonyl (C=O) groups excluding carboxylic acids is 1. The van der Waals surface area contributed by atoms with Crippen LogP contribution in [-0.4, -0.2) is 39.7 Å². The highest BCUT2D eigenvalue weighted by Gasteiger charge is 2.24. The molecule has 2 rings (SSSR count). The standard InChI is InChI=1S/C15H23N5O2/c1-5-7-20(22-6-2)15(21)11-8-12-14(17-13(16)9-11)10(3)18-19(12)4/h8H,5-7,9H2,1-4H3,(H2,16,17). The van der Waals surface area contributed by atoms with Crippen molar-refractivity contribution in [2.24, 2.45) is 17.8 Å². The fraction of sp³-hybridized carbons (Fsp3) is 0.533.